The first kappa shape index (κ1) is 40.0. The number of halogens is 3. The molecule has 4 saturated carbocycles. The smallest absolute Gasteiger partial charge is 0.306 e. The van der Waals surface area contributed by atoms with Crippen molar-refractivity contribution in [3.05, 3.63) is 29.7 Å². The minimum atomic E-state index is -4.10. The van der Waals surface area contributed by atoms with E-state index < -0.39 is 98.7 Å². The third kappa shape index (κ3) is 8.12. The van der Waals surface area contributed by atoms with Gasteiger partial charge >= 0.3 is 5.97 Å². The highest BCUT2D eigenvalue weighted by Gasteiger charge is 2.66. The van der Waals surface area contributed by atoms with E-state index in [9.17, 15) is 40.8 Å². The molecule has 310 valence electrons. The van der Waals surface area contributed by atoms with Crippen molar-refractivity contribution in [2.75, 3.05) is 6.54 Å². The maximum absolute atomic E-state index is 14.8. The lowest BCUT2D eigenvalue weighted by Crippen LogP contribution is -2.49. The van der Waals surface area contributed by atoms with Crippen LogP contribution in [0.15, 0.2) is 18.2 Å². The summed E-state index contributed by atoms with van der Waals surface area (Å²) in [5.74, 6) is -4.45. The zero-order valence-corrected chi connectivity index (χ0v) is 33.4. The fraction of sp³-hybridized carbons (Fsp3) is 0.707. The van der Waals surface area contributed by atoms with Crippen molar-refractivity contribution in [1.82, 2.24) is 19.6 Å². The minimum Gasteiger partial charge on any atom is -0.471 e. The minimum absolute atomic E-state index is 0.0991. The monoisotopic (exact) mass is 816 g/mol. The molecule has 1 aromatic carbocycles. The average molecular weight is 817 g/mol. The Kier molecular flexibility index (Phi) is 10.4. The molecule has 9 atom stereocenters. The Hall–Kier alpha value is -3.82. The zero-order valence-electron chi connectivity index (χ0n) is 32.6. The molecule has 0 spiro atoms. The molecular weight excluding hydrogens is 766 g/mol. The van der Waals surface area contributed by atoms with Crippen molar-refractivity contribution < 1.29 is 50.2 Å². The van der Waals surface area contributed by atoms with Crippen LogP contribution in [0.2, 0.25) is 0 Å². The van der Waals surface area contributed by atoms with Crippen LogP contribution in [0.25, 0.3) is 11.0 Å². The van der Waals surface area contributed by atoms with E-state index in [1.54, 1.807) is 6.07 Å². The number of hydrogen-bond acceptors (Lipinski definition) is 10. The van der Waals surface area contributed by atoms with Gasteiger partial charge in [0.1, 0.15) is 23.7 Å². The molecule has 57 heavy (non-hydrogen) atoms. The molecule has 1 N–H and O–H groups in total. The number of hydrogen-bond donors (Lipinski definition) is 1. The van der Waals surface area contributed by atoms with Crippen molar-refractivity contribution >= 4 is 44.6 Å². The molecule has 0 unspecified atom stereocenters. The second kappa shape index (κ2) is 14.8. The van der Waals surface area contributed by atoms with Gasteiger partial charge in [-0.1, -0.05) is 33.6 Å². The van der Waals surface area contributed by atoms with Gasteiger partial charge in [-0.15, -0.1) is 0 Å². The molecule has 4 aliphatic carbocycles. The standard InChI is InChI=1S/C41H51F3N4O8S/c1-40(2,3)27-17-35(50)56-34-14-21-13-26(21)25(34)7-5-4-6-8-30-37(46-31-15-22(42)9-12-29(31)45-30)55-23-16-32(48(20-23)38(27)51)33(49)19-41(18-28(41)36(43)44)39(52)47-57(53,54)24-10-11-24/h9,12,15,21,23-28,32,34,36H,4-8,10-11,13-14,16-20H2,1-3H3,(H,47,52)/t21-,23+,25+,26-,27+,28-,32-,34+,41+/m0/s1. The van der Waals surface area contributed by atoms with Crippen LogP contribution in [0.1, 0.15) is 104 Å². The Morgan fingerprint density at radius 1 is 1.00 bits per heavy atom. The summed E-state index contributed by atoms with van der Waals surface area (Å²) < 4.78 is 82.8. The Balaban J connectivity index is 1.13. The molecule has 8 rings (SSSR count). The number of Topliss-reactive ketones (excluding diaryl/α,β-unsaturated/α-hetero) is 1. The highest BCUT2D eigenvalue weighted by Crippen LogP contribution is 2.60. The molecule has 16 heteroatoms. The number of carbonyl (C=O) groups is 4. The number of ether oxygens (including phenoxy) is 2. The number of aromatic nitrogens is 2. The predicted molar refractivity (Wildman–Crippen MR) is 200 cm³/mol. The topological polar surface area (TPSA) is 162 Å². The van der Waals surface area contributed by atoms with E-state index in [4.69, 9.17) is 14.5 Å². The molecule has 0 radical (unpaired) electrons. The van der Waals surface area contributed by atoms with Crippen LogP contribution in [-0.4, -0.2) is 83.3 Å². The highest BCUT2D eigenvalue weighted by atomic mass is 32.2. The third-order valence-electron chi connectivity index (χ3n) is 13.4. The second-order valence-electron chi connectivity index (χ2n) is 18.5. The van der Waals surface area contributed by atoms with Crippen molar-refractivity contribution in [3.8, 4) is 5.88 Å². The Bertz CT molecular complexity index is 2080. The fourth-order valence-corrected chi connectivity index (χ4v) is 11.2. The Morgan fingerprint density at radius 2 is 1.77 bits per heavy atom. The molecule has 2 amide bonds. The first-order chi connectivity index (χ1) is 26.9. The van der Waals surface area contributed by atoms with E-state index in [1.165, 1.54) is 17.0 Å². The molecule has 2 aliphatic heterocycles. The van der Waals surface area contributed by atoms with Crippen LogP contribution < -0.4 is 9.46 Å². The molecule has 3 heterocycles. The fourth-order valence-electron chi connectivity index (χ4n) is 9.77. The number of nitrogens with one attached hydrogen (secondary N) is 1. The maximum atomic E-state index is 14.8. The van der Waals surface area contributed by atoms with Gasteiger partial charge in [0.05, 0.1) is 46.6 Å². The molecule has 2 bridgehead atoms. The number of rotatable bonds is 7. The summed E-state index contributed by atoms with van der Waals surface area (Å²) in [7, 11) is -4.10. The molecule has 5 fully saturated rings. The number of carbonyl (C=O) groups excluding carboxylic acids is 4. The SMILES string of the molecule is CC(C)(C)[C@@H]1CC(=O)O[C@@H]2C[C@@H]3C[C@@H]3[C@H]2CCCCCc2nc3ccc(F)cc3nc2O[C@@H]2C[C@@H](C(=O)C[C@]3(C(=O)NS(=O)(=O)C4CC4)C[C@H]3C(F)F)N(C2)C1=O. The number of benzene rings is 1. The first-order valence-corrected chi connectivity index (χ1v) is 22.0. The van der Waals surface area contributed by atoms with Crippen molar-refractivity contribution in [1.29, 1.82) is 0 Å². The number of sulfonamides is 1. The number of amides is 2. The van der Waals surface area contributed by atoms with Gasteiger partial charge in [-0.2, -0.15) is 0 Å². The number of fused-ring (bicyclic) bond motifs is 7. The van der Waals surface area contributed by atoms with Crippen LogP contribution >= 0.6 is 0 Å². The van der Waals surface area contributed by atoms with Crippen LogP contribution in [-0.2, 0) is 40.4 Å². The van der Waals surface area contributed by atoms with Crippen molar-refractivity contribution in [2.45, 2.75) is 134 Å². The van der Waals surface area contributed by atoms with E-state index in [1.807, 2.05) is 25.5 Å². The normalized spacial score (nSPS) is 33.4. The molecular formula is C41H51F3N4O8S. The summed E-state index contributed by atoms with van der Waals surface area (Å²) in [5.41, 5.74) is -1.48. The maximum Gasteiger partial charge on any atom is 0.306 e. The summed E-state index contributed by atoms with van der Waals surface area (Å²) in [6, 6.07) is 2.83. The van der Waals surface area contributed by atoms with Gasteiger partial charge < -0.3 is 14.4 Å². The average Bonchev–Trinajstić information content (AvgIpc) is 4.07. The summed E-state index contributed by atoms with van der Waals surface area (Å²) in [5, 5.41) is -0.789. The molecule has 6 aliphatic rings. The lowest BCUT2D eigenvalue weighted by molar-refractivity contribution is -0.158. The van der Waals surface area contributed by atoms with E-state index in [0.717, 1.165) is 38.5 Å². The molecule has 2 aromatic rings. The lowest BCUT2D eigenvalue weighted by Gasteiger charge is -2.35. The summed E-state index contributed by atoms with van der Waals surface area (Å²) in [4.78, 5) is 67.1. The molecule has 12 nitrogen and oxygen atoms in total. The van der Waals surface area contributed by atoms with Gasteiger partial charge in [0.2, 0.25) is 34.1 Å². The summed E-state index contributed by atoms with van der Waals surface area (Å²) in [6.45, 7) is 5.31. The lowest BCUT2D eigenvalue weighted by atomic mass is 9.77. The van der Waals surface area contributed by atoms with Gasteiger partial charge in [-0.25, -0.2) is 31.6 Å². The molecule has 1 aromatic heterocycles. The number of aryl methyl sites for hydroxylation is 1. The quantitative estimate of drug-likeness (QED) is 0.344. The first-order valence-electron chi connectivity index (χ1n) is 20.4. The van der Waals surface area contributed by atoms with Crippen molar-refractivity contribution in [2.24, 2.45) is 40.4 Å². The largest absolute Gasteiger partial charge is 0.471 e. The van der Waals surface area contributed by atoms with E-state index in [2.05, 4.69) is 4.98 Å². The predicted octanol–water partition coefficient (Wildman–Crippen LogP) is 5.69. The number of alkyl halides is 2. The van der Waals surface area contributed by atoms with Gasteiger partial charge in [0.25, 0.3) is 0 Å². The van der Waals surface area contributed by atoms with Crippen LogP contribution in [0.3, 0.4) is 0 Å². The van der Waals surface area contributed by atoms with E-state index in [0.29, 0.717) is 42.3 Å². The van der Waals surface area contributed by atoms with Crippen molar-refractivity contribution in [3.63, 3.8) is 0 Å². The molecule has 1 saturated heterocycles. The van der Waals surface area contributed by atoms with Gasteiger partial charge in [0, 0.05) is 24.8 Å². The Morgan fingerprint density at radius 3 is 2.47 bits per heavy atom. The van der Waals surface area contributed by atoms with E-state index in [-0.39, 0.29) is 42.8 Å². The second-order valence-corrected chi connectivity index (χ2v) is 20.5. The van der Waals surface area contributed by atoms with Crippen LogP contribution in [0.4, 0.5) is 13.2 Å². The van der Waals surface area contributed by atoms with Crippen LogP contribution in [0.5, 0.6) is 5.88 Å². The Labute approximate surface area is 330 Å². The zero-order chi connectivity index (χ0) is 40.6. The third-order valence-corrected chi connectivity index (χ3v) is 15.2. The summed E-state index contributed by atoms with van der Waals surface area (Å²) in [6.07, 6.45) is 1.02. The number of esters is 1. The number of nitrogens with zero attached hydrogens (tertiary/aromatic N) is 3. The highest BCUT2D eigenvalue weighted by molar-refractivity contribution is 7.90. The summed E-state index contributed by atoms with van der Waals surface area (Å²) >= 11 is 0. The number of ketones is 1. The van der Waals surface area contributed by atoms with E-state index >= 15 is 0 Å². The van der Waals surface area contributed by atoms with Crippen LogP contribution in [0, 0.1) is 46.2 Å². The van der Waals surface area contributed by atoms with Gasteiger partial charge in [0.15, 0.2) is 5.78 Å². The van der Waals surface area contributed by atoms with Gasteiger partial charge in [-0.05, 0) is 86.7 Å². The van der Waals surface area contributed by atoms with Gasteiger partial charge in [-0.3, -0.25) is 23.9 Å².